The molecule has 0 aromatic heterocycles. The van der Waals surface area contributed by atoms with E-state index >= 15 is 0 Å². The number of hydrogen-bond donors (Lipinski definition) is 1. The highest BCUT2D eigenvalue weighted by Gasteiger charge is 2.27. The van der Waals surface area contributed by atoms with Crippen LogP contribution < -0.4 is 10.1 Å². The van der Waals surface area contributed by atoms with Crippen molar-refractivity contribution in [2.75, 3.05) is 20.2 Å². The maximum Gasteiger partial charge on any atom is 0.243 e. The van der Waals surface area contributed by atoms with Crippen LogP contribution in [0.4, 0.5) is 0 Å². The van der Waals surface area contributed by atoms with Crippen molar-refractivity contribution in [2.24, 2.45) is 0 Å². The highest BCUT2D eigenvalue weighted by Crippen LogP contribution is 2.19. The number of ether oxygens (including phenoxy) is 1. The number of sulfonamides is 1. The zero-order valence-corrected chi connectivity index (χ0v) is 20.0. The van der Waals surface area contributed by atoms with E-state index in [1.54, 1.807) is 31.4 Å². The molecule has 6 nitrogen and oxygen atoms in total. The molecule has 0 spiro atoms. The van der Waals surface area contributed by atoms with E-state index in [4.69, 9.17) is 4.74 Å². The van der Waals surface area contributed by atoms with E-state index < -0.39 is 10.0 Å². The van der Waals surface area contributed by atoms with E-state index in [0.717, 1.165) is 22.4 Å². The maximum atomic E-state index is 13.4. The van der Waals surface area contributed by atoms with Gasteiger partial charge in [-0.15, -0.1) is 0 Å². The molecule has 3 aromatic rings. The first-order valence-electron chi connectivity index (χ1n) is 10.8. The van der Waals surface area contributed by atoms with Crippen LogP contribution in [-0.2, 0) is 21.2 Å². The van der Waals surface area contributed by atoms with Crippen LogP contribution in [0.25, 0.3) is 0 Å². The summed E-state index contributed by atoms with van der Waals surface area (Å²) in [6.07, 6.45) is 0.507. The van der Waals surface area contributed by atoms with Crippen molar-refractivity contribution in [2.45, 2.75) is 31.2 Å². The van der Waals surface area contributed by atoms with Gasteiger partial charge in [0.1, 0.15) is 5.75 Å². The van der Waals surface area contributed by atoms with Gasteiger partial charge in [0.05, 0.1) is 24.6 Å². The molecular formula is C26H30N2O4S. The third-order valence-electron chi connectivity index (χ3n) is 5.46. The van der Waals surface area contributed by atoms with Crippen molar-refractivity contribution < 1.29 is 17.9 Å². The minimum absolute atomic E-state index is 0.178. The average molecular weight is 467 g/mol. The number of nitrogens with one attached hydrogen (secondary N) is 1. The van der Waals surface area contributed by atoms with E-state index in [9.17, 15) is 13.2 Å². The number of nitrogens with zero attached hydrogens (tertiary/aromatic N) is 1. The summed E-state index contributed by atoms with van der Waals surface area (Å²) in [5.74, 6) is 0.371. The third kappa shape index (κ3) is 6.66. The Balaban J connectivity index is 1.75. The molecule has 1 atom stereocenters. The zero-order valence-electron chi connectivity index (χ0n) is 19.2. The van der Waals surface area contributed by atoms with Crippen molar-refractivity contribution in [3.05, 3.63) is 95.6 Å². The number of aryl methyl sites for hydroxylation is 1. The molecule has 1 N–H and O–H groups in total. The van der Waals surface area contributed by atoms with Crippen LogP contribution >= 0.6 is 0 Å². The summed E-state index contributed by atoms with van der Waals surface area (Å²) in [7, 11) is -2.24. The molecule has 0 radical (unpaired) electrons. The highest BCUT2D eigenvalue weighted by molar-refractivity contribution is 7.89. The minimum atomic E-state index is -3.84. The molecule has 0 saturated heterocycles. The molecule has 33 heavy (non-hydrogen) atoms. The predicted octanol–water partition coefficient (Wildman–Crippen LogP) is 4.11. The van der Waals surface area contributed by atoms with E-state index in [1.165, 1.54) is 4.31 Å². The van der Waals surface area contributed by atoms with E-state index in [1.807, 2.05) is 68.4 Å². The summed E-state index contributed by atoms with van der Waals surface area (Å²) in [6.45, 7) is 3.70. The maximum absolute atomic E-state index is 13.4. The lowest BCUT2D eigenvalue weighted by Crippen LogP contribution is -2.42. The second kappa shape index (κ2) is 11.1. The Morgan fingerprint density at radius 1 is 0.970 bits per heavy atom. The van der Waals surface area contributed by atoms with Crippen molar-refractivity contribution in [3.8, 4) is 5.75 Å². The van der Waals surface area contributed by atoms with E-state index in [0.29, 0.717) is 6.42 Å². The fourth-order valence-electron chi connectivity index (χ4n) is 3.47. The Hall–Kier alpha value is -3.16. The zero-order chi connectivity index (χ0) is 23.8. The lowest BCUT2D eigenvalue weighted by molar-refractivity contribution is -0.121. The minimum Gasteiger partial charge on any atom is -0.497 e. The number of methoxy groups -OCH3 is 1. The largest absolute Gasteiger partial charge is 0.497 e. The van der Waals surface area contributed by atoms with Crippen LogP contribution in [0, 0.1) is 6.92 Å². The molecule has 7 heteroatoms. The highest BCUT2D eigenvalue weighted by atomic mass is 32.2. The molecule has 0 bridgehead atoms. The number of hydrogen-bond acceptors (Lipinski definition) is 4. The molecular weight excluding hydrogens is 436 g/mol. The molecule has 0 aliphatic heterocycles. The molecule has 0 aliphatic carbocycles. The predicted molar refractivity (Wildman–Crippen MR) is 130 cm³/mol. The second-order valence-electron chi connectivity index (χ2n) is 7.95. The molecule has 0 saturated carbocycles. The van der Waals surface area contributed by atoms with Gasteiger partial charge in [-0.1, -0.05) is 60.2 Å². The topological polar surface area (TPSA) is 75.7 Å². The molecule has 3 rings (SSSR count). The Kier molecular flexibility index (Phi) is 8.25. The number of carbonyl (C=O) groups excluding carboxylic acids is 1. The lowest BCUT2D eigenvalue weighted by atomic mass is 10.1. The number of carbonyl (C=O) groups is 1. The number of benzene rings is 3. The van der Waals surface area contributed by atoms with Crippen LogP contribution in [0.2, 0.25) is 0 Å². The van der Waals surface area contributed by atoms with E-state index in [-0.39, 0.29) is 29.9 Å². The summed E-state index contributed by atoms with van der Waals surface area (Å²) in [5, 5.41) is 2.91. The molecule has 0 fully saturated rings. The van der Waals surface area contributed by atoms with Gasteiger partial charge in [0.15, 0.2) is 0 Å². The number of rotatable bonds is 10. The summed E-state index contributed by atoms with van der Waals surface area (Å²) in [5.41, 5.74) is 2.88. The first-order chi connectivity index (χ1) is 15.8. The van der Waals surface area contributed by atoms with Crippen LogP contribution in [0.15, 0.2) is 83.8 Å². The molecule has 1 unspecified atom stereocenters. The van der Waals surface area contributed by atoms with Gasteiger partial charge in [-0.05, 0) is 55.7 Å². The van der Waals surface area contributed by atoms with Crippen LogP contribution in [0.1, 0.15) is 29.7 Å². The Morgan fingerprint density at radius 3 is 2.21 bits per heavy atom. The monoisotopic (exact) mass is 466 g/mol. The van der Waals surface area contributed by atoms with Crippen molar-refractivity contribution in [3.63, 3.8) is 0 Å². The first-order valence-corrected chi connectivity index (χ1v) is 12.3. The molecule has 1 amide bonds. The summed E-state index contributed by atoms with van der Waals surface area (Å²) >= 11 is 0. The Morgan fingerprint density at radius 2 is 1.61 bits per heavy atom. The molecule has 3 aromatic carbocycles. The quantitative estimate of drug-likeness (QED) is 0.488. The second-order valence-corrected chi connectivity index (χ2v) is 9.89. The first kappa shape index (κ1) is 24.5. The van der Waals surface area contributed by atoms with Gasteiger partial charge in [-0.25, -0.2) is 8.42 Å². The average Bonchev–Trinajstić information content (AvgIpc) is 2.82. The van der Waals surface area contributed by atoms with Gasteiger partial charge < -0.3 is 10.1 Å². The smallest absolute Gasteiger partial charge is 0.243 e. The van der Waals surface area contributed by atoms with Gasteiger partial charge in [-0.2, -0.15) is 4.31 Å². The van der Waals surface area contributed by atoms with Gasteiger partial charge >= 0.3 is 0 Å². The van der Waals surface area contributed by atoms with E-state index in [2.05, 4.69) is 5.32 Å². The summed E-state index contributed by atoms with van der Waals surface area (Å²) < 4.78 is 33.1. The fourth-order valence-corrected chi connectivity index (χ4v) is 4.86. The van der Waals surface area contributed by atoms with Gasteiger partial charge in [0.25, 0.3) is 0 Å². The summed E-state index contributed by atoms with van der Waals surface area (Å²) in [6, 6.07) is 23.4. The van der Waals surface area contributed by atoms with Gasteiger partial charge in [-0.3, -0.25) is 4.79 Å². The van der Waals surface area contributed by atoms with Gasteiger partial charge in [0.2, 0.25) is 15.9 Å². The Bertz CT molecular complexity index is 1150. The van der Waals surface area contributed by atoms with Crippen molar-refractivity contribution in [1.82, 2.24) is 9.62 Å². The Labute approximate surface area is 196 Å². The van der Waals surface area contributed by atoms with Gasteiger partial charge in [0, 0.05) is 6.54 Å². The summed E-state index contributed by atoms with van der Waals surface area (Å²) in [4.78, 5) is 13.0. The molecule has 0 heterocycles. The normalized spacial score (nSPS) is 12.4. The van der Waals surface area contributed by atoms with Crippen molar-refractivity contribution >= 4 is 15.9 Å². The van der Waals surface area contributed by atoms with Crippen LogP contribution in [0.5, 0.6) is 5.75 Å². The molecule has 174 valence electrons. The lowest BCUT2D eigenvalue weighted by Gasteiger charge is -2.23. The van der Waals surface area contributed by atoms with Crippen LogP contribution in [-0.4, -0.2) is 38.8 Å². The third-order valence-corrected chi connectivity index (χ3v) is 7.32. The van der Waals surface area contributed by atoms with Crippen molar-refractivity contribution in [1.29, 1.82) is 0 Å². The number of amides is 1. The SMILES string of the molecule is COc1ccc(C(C)NC(=O)CN(CCc2ccccc2)S(=O)(=O)c2ccc(C)cc2)cc1. The standard InChI is InChI=1S/C26H30N2O4S/c1-20-9-15-25(16-10-20)33(30,31)28(18-17-22-7-5-4-6-8-22)19-26(29)27-21(2)23-11-13-24(32-3)14-12-23/h4-16,21H,17-19H2,1-3H3,(H,27,29). The van der Waals surface area contributed by atoms with Crippen LogP contribution in [0.3, 0.4) is 0 Å². The molecule has 0 aliphatic rings. The fraction of sp³-hybridized carbons (Fsp3) is 0.269.